The molecule has 10 rings (SSSR count). The van der Waals surface area contributed by atoms with Crippen molar-refractivity contribution in [3.8, 4) is 0 Å². The number of carbonyl (C=O) groups is 1. The van der Waals surface area contributed by atoms with Crippen molar-refractivity contribution in [2.75, 3.05) is 19.6 Å². The number of ketones is 1. The summed E-state index contributed by atoms with van der Waals surface area (Å²) in [6.07, 6.45) is 13.9. The maximum absolute atomic E-state index is 15.0. The molecule has 8 unspecified atom stereocenters. The Kier molecular flexibility index (Phi) is 7.21. The van der Waals surface area contributed by atoms with Crippen molar-refractivity contribution >= 4 is 38.8 Å². The number of aliphatic hydroxyl groups excluding tert-OH is 1. The molecular weight excluding hydrogens is 650 g/mol. The van der Waals surface area contributed by atoms with E-state index in [2.05, 4.69) is 55.2 Å². The van der Waals surface area contributed by atoms with Crippen molar-refractivity contribution in [1.82, 2.24) is 4.90 Å². The fourth-order valence-corrected chi connectivity index (χ4v) is 13.5. The summed E-state index contributed by atoms with van der Waals surface area (Å²) in [7, 11) is 0. The zero-order valence-electron chi connectivity index (χ0n) is 28.6. The van der Waals surface area contributed by atoms with Crippen LogP contribution >= 0.6 is 22.9 Å². The highest BCUT2D eigenvalue weighted by Crippen LogP contribution is 2.78. The zero-order chi connectivity index (χ0) is 34.0. The second-order valence-corrected chi connectivity index (χ2v) is 18.6. The maximum Gasteiger partial charge on any atom is 0.199 e. The van der Waals surface area contributed by atoms with Crippen LogP contribution in [0.3, 0.4) is 0 Å². The minimum atomic E-state index is -0.900. The predicted molar refractivity (Wildman–Crippen MR) is 196 cm³/mol. The number of likely N-dealkylation sites (tertiary alicyclic amines) is 1. The lowest BCUT2D eigenvalue weighted by Gasteiger charge is -2.71. The first kappa shape index (κ1) is 32.6. The largest absolute Gasteiger partial charge is 0.393 e. The summed E-state index contributed by atoms with van der Waals surface area (Å²) in [4.78, 5) is 18.1. The topological polar surface area (TPSA) is 81.0 Å². The van der Waals surface area contributed by atoms with Crippen molar-refractivity contribution in [3.63, 3.8) is 0 Å². The summed E-state index contributed by atoms with van der Waals surface area (Å²) in [6, 6.07) is 17.9. The molecule has 2 bridgehead atoms. The van der Waals surface area contributed by atoms with Gasteiger partial charge in [0.05, 0.1) is 22.2 Å². The molecule has 3 N–H and O–H groups in total. The molecule has 0 radical (unpaired) electrons. The number of rotatable bonds is 5. The van der Waals surface area contributed by atoms with Gasteiger partial charge in [0.2, 0.25) is 0 Å². The molecule has 2 heterocycles. The van der Waals surface area contributed by atoms with Gasteiger partial charge in [-0.3, -0.25) is 4.79 Å². The summed E-state index contributed by atoms with van der Waals surface area (Å²) in [6.45, 7) is 6.78. The van der Waals surface area contributed by atoms with Gasteiger partial charge in [-0.25, -0.2) is 0 Å². The second-order valence-electron chi connectivity index (χ2n) is 17.1. The van der Waals surface area contributed by atoms with Crippen molar-refractivity contribution in [2.24, 2.45) is 33.5 Å². The summed E-state index contributed by atoms with van der Waals surface area (Å²) >= 11 is 7.72. The van der Waals surface area contributed by atoms with Crippen molar-refractivity contribution in [2.45, 2.75) is 88.9 Å². The third-order valence-electron chi connectivity index (χ3n) is 15.2. The molecule has 1 aliphatic heterocycles. The molecule has 8 atom stereocenters. The van der Waals surface area contributed by atoms with Crippen LogP contribution in [0.15, 0.2) is 78.4 Å². The zero-order valence-corrected chi connectivity index (χ0v) is 30.2. The van der Waals surface area contributed by atoms with Crippen LogP contribution in [0, 0.1) is 33.5 Å². The molecule has 6 aliphatic carbocycles. The highest BCUT2D eigenvalue weighted by Gasteiger charge is 2.74. The van der Waals surface area contributed by atoms with Crippen LogP contribution in [0.2, 0.25) is 5.02 Å². The number of benzene rings is 2. The number of Topliss-reactive ketones (excluding diaryl/α,β-unsaturated/α-hetero) is 1. The summed E-state index contributed by atoms with van der Waals surface area (Å²) in [5.41, 5.74) is -1.18. The van der Waals surface area contributed by atoms with E-state index < -0.39 is 16.6 Å². The minimum Gasteiger partial charge on any atom is -0.393 e. The van der Waals surface area contributed by atoms with E-state index in [9.17, 15) is 20.1 Å². The average Bonchev–Trinajstić information content (AvgIpc) is 3.64. The Morgan fingerprint density at radius 2 is 1.59 bits per heavy atom. The third kappa shape index (κ3) is 4.40. The van der Waals surface area contributed by atoms with E-state index in [1.165, 1.54) is 0 Å². The summed E-state index contributed by atoms with van der Waals surface area (Å²) in [5.74, 6) is 0.539. The number of β-amino-alcohol motifs (C(OH)–C–C–N with tert-alkyl or cyclic N) is 1. The summed E-state index contributed by atoms with van der Waals surface area (Å²) < 4.78 is 1.13. The van der Waals surface area contributed by atoms with Crippen LogP contribution in [0.25, 0.3) is 10.1 Å². The second kappa shape index (κ2) is 10.8. The molecular formula is C42H48ClNO4S. The standard InChI is InChI=1S/C42H48ClNO4S/c1-37-14-11-30(45)24-39(37)17-18-42(31(25-39)36(46)33-23-27-5-3-4-6-32(27)49-33)34(37)12-15-38(2)35(42)13-16-41(38,48)26-44-21-19-40(47,20-22-44)28-7-9-29(43)10-8-28/h3-10,17-18,23,25,30,34-35,45,47-48H,11-16,19-22,24,26H2,1-2H3. The molecule has 1 saturated heterocycles. The first-order chi connectivity index (χ1) is 23.3. The van der Waals surface area contributed by atoms with Gasteiger partial charge in [-0.05, 0) is 110 Å². The van der Waals surface area contributed by atoms with E-state index in [4.69, 9.17) is 11.6 Å². The predicted octanol–water partition coefficient (Wildman–Crippen LogP) is 8.31. The summed E-state index contributed by atoms with van der Waals surface area (Å²) in [5, 5.41) is 37.3. The molecule has 3 aromatic rings. The van der Waals surface area contributed by atoms with Crippen LogP contribution in [-0.4, -0.2) is 57.3 Å². The van der Waals surface area contributed by atoms with Gasteiger partial charge < -0.3 is 20.2 Å². The Hall–Kier alpha value is -2.32. The lowest BCUT2D eigenvalue weighted by Crippen LogP contribution is -2.67. The van der Waals surface area contributed by atoms with Gasteiger partial charge in [0.15, 0.2) is 5.78 Å². The molecule has 4 fully saturated rings. The van der Waals surface area contributed by atoms with Crippen LogP contribution in [0.5, 0.6) is 0 Å². The van der Waals surface area contributed by atoms with E-state index >= 15 is 0 Å². The Labute approximate surface area is 298 Å². The van der Waals surface area contributed by atoms with E-state index in [0.29, 0.717) is 50.3 Å². The molecule has 49 heavy (non-hydrogen) atoms. The minimum absolute atomic E-state index is 0.0497. The lowest BCUT2D eigenvalue weighted by atomic mass is 9.32. The smallest absolute Gasteiger partial charge is 0.199 e. The fraction of sp³-hybridized carbons (Fsp3) is 0.548. The number of piperidine rings is 1. The van der Waals surface area contributed by atoms with Gasteiger partial charge in [-0.15, -0.1) is 11.3 Å². The number of fused-ring (bicyclic) bond motifs is 2. The molecule has 1 aromatic heterocycles. The van der Waals surface area contributed by atoms with Gasteiger partial charge in [0.1, 0.15) is 0 Å². The monoisotopic (exact) mass is 697 g/mol. The van der Waals surface area contributed by atoms with Gasteiger partial charge in [-0.2, -0.15) is 0 Å². The molecule has 258 valence electrons. The van der Waals surface area contributed by atoms with Gasteiger partial charge in [0.25, 0.3) is 0 Å². The molecule has 7 heteroatoms. The van der Waals surface area contributed by atoms with E-state index in [1.807, 2.05) is 36.4 Å². The molecule has 0 amide bonds. The Morgan fingerprint density at radius 1 is 0.898 bits per heavy atom. The number of carbonyl (C=O) groups excluding carboxylic acids is 1. The van der Waals surface area contributed by atoms with Gasteiger partial charge >= 0.3 is 0 Å². The first-order valence-electron chi connectivity index (χ1n) is 18.4. The number of allylic oxidation sites excluding steroid dienone is 4. The lowest BCUT2D eigenvalue weighted by molar-refractivity contribution is -0.178. The quantitative estimate of drug-likeness (QED) is 0.185. The van der Waals surface area contributed by atoms with Crippen molar-refractivity contribution in [1.29, 1.82) is 0 Å². The number of aliphatic hydroxyl groups is 3. The van der Waals surface area contributed by atoms with E-state index in [0.717, 1.165) is 58.2 Å². The molecule has 3 saturated carbocycles. The van der Waals surface area contributed by atoms with Crippen LogP contribution in [0.4, 0.5) is 0 Å². The Bertz CT molecular complexity index is 1860. The van der Waals surface area contributed by atoms with E-state index in [-0.39, 0.29) is 40.0 Å². The van der Waals surface area contributed by atoms with Gasteiger partial charge in [-0.1, -0.05) is 74.0 Å². The molecule has 5 nitrogen and oxygen atoms in total. The highest BCUT2D eigenvalue weighted by molar-refractivity contribution is 7.21. The third-order valence-corrected chi connectivity index (χ3v) is 16.5. The molecule has 2 spiro atoms. The van der Waals surface area contributed by atoms with Crippen molar-refractivity contribution in [3.05, 3.63) is 93.9 Å². The number of thiophene rings is 1. The molecule has 7 aliphatic rings. The maximum atomic E-state index is 15.0. The van der Waals surface area contributed by atoms with E-state index in [1.54, 1.807) is 11.3 Å². The average molecular weight is 698 g/mol. The number of nitrogens with zero attached hydrogens (tertiary/aromatic N) is 1. The normalized spacial score (nSPS) is 40.9. The van der Waals surface area contributed by atoms with Gasteiger partial charge in [0, 0.05) is 51.2 Å². The van der Waals surface area contributed by atoms with Crippen LogP contribution < -0.4 is 0 Å². The first-order valence-corrected chi connectivity index (χ1v) is 19.6. The Balaban J connectivity index is 1.06. The number of halogens is 1. The Morgan fingerprint density at radius 3 is 2.35 bits per heavy atom. The highest BCUT2D eigenvalue weighted by atomic mass is 35.5. The van der Waals surface area contributed by atoms with Crippen molar-refractivity contribution < 1.29 is 20.1 Å². The SMILES string of the molecule is CC12CCC(O)CC13C=CC1(C(C(=O)c4cc5ccccc5s4)=C3)C2CCC2(C)C1CCC2(O)CN1CCC(O)(c2ccc(Cl)cc2)CC1. The molecule has 2 aromatic carbocycles. The fourth-order valence-electron chi connectivity index (χ4n) is 12.3. The number of hydrogen-bond donors (Lipinski definition) is 3. The number of hydrogen-bond acceptors (Lipinski definition) is 6. The van der Waals surface area contributed by atoms with Crippen LogP contribution in [0.1, 0.15) is 86.9 Å². The van der Waals surface area contributed by atoms with Crippen LogP contribution in [-0.2, 0) is 5.60 Å².